The molecule has 0 N–H and O–H groups in total. The average molecular weight is 275 g/mol. The van der Waals surface area contributed by atoms with E-state index in [1.807, 2.05) is 0 Å². The second kappa shape index (κ2) is 9.11. The Morgan fingerprint density at radius 2 is 1.28 bits per heavy atom. The smallest absolute Gasteiger partial charge is 0.343 e. The Hall–Kier alpha value is 0.137. The van der Waals surface area contributed by atoms with E-state index in [0.717, 1.165) is 38.5 Å². The van der Waals surface area contributed by atoms with Gasteiger partial charge in [0.05, 0.1) is 0 Å². The maximum Gasteiger partial charge on any atom is 0.343 e. The number of rotatable bonds is 11. The van der Waals surface area contributed by atoms with Gasteiger partial charge in [-0.3, -0.25) is 0 Å². The van der Waals surface area contributed by atoms with Gasteiger partial charge in [-0.15, -0.1) is 0 Å². The summed E-state index contributed by atoms with van der Waals surface area (Å²) in [6.45, 7) is 15.3. The molecule has 0 amide bonds. The monoisotopic (exact) mass is 274 g/mol. The van der Waals surface area contributed by atoms with E-state index < -0.39 is 8.56 Å². The number of hydrogen-bond donors (Lipinski definition) is 0. The molecule has 0 aliphatic heterocycles. The zero-order valence-corrected chi connectivity index (χ0v) is 14.5. The maximum atomic E-state index is 6.34. The first-order valence-electron chi connectivity index (χ1n) is 7.77. The molecule has 0 radical (unpaired) electrons. The van der Waals surface area contributed by atoms with Gasteiger partial charge in [-0.05, 0) is 25.3 Å². The normalized spacial score (nSPS) is 13.0. The lowest BCUT2D eigenvalue weighted by Crippen LogP contribution is -2.51. The predicted molar refractivity (Wildman–Crippen MR) is 82.3 cm³/mol. The van der Waals surface area contributed by atoms with Gasteiger partial charge in [0.15, 0.2) is 0 Å². The summed E-state index contributed by atoms with van der Waals surface area (Å²) in [6.07, 6.45) is 5.80. The van der Waals surface area contributed by atoms with Crippen LogP contribution in [0.15, 0.2) is 0 Å². The minimum absolute atomic E-state index is 0.198. The molecule has 0 fully saturated rings. The van der Waals surface area contributed by atoms with Gasteiger partial charge in [0.25, 0.3) is 0 Å². The minimum atomic E-state index is -2.07. The van der Waals surface area contributed by atoms with E-state index in [2.05, 4.69) is 41.5 Å². The van der Waals surface area contributed by atoms with E-state index in [4.69, 9.17) is 8.85 Å². The molecule has 0 saturated carbocycles. The molecule has 0 aromatic rings. The third-order valence-corrected chi connectivity index (χ3v) is 8.73. The average Bonchev–Trinajstić information content (AvgIpc) is 2.37. The highest BCUT2D eigenvalue weighted by molar-refractivity contribution is 6.70. The van der Waals surface area contributed by atoms with E-state index in [1.165, 1.54) is 12.8 Å². The van der Waals surface area contributed by atoms with Crippen LogP contribution >= 0.6 is 0 Å². The van der Waals surface area contributed by atoms with Crippen LogP contribution in [0.4, 0.5) is 0 Å². The van der Waals surface area contributed by atoms with Crippen molar-refractivity contribution in [1.29, 1.82) is 0 Å². The fourth-order valence-electron chi connectivity index (χ4n) is 2.15. The van der Waals surface area contributed by atoms with Gasteiger partial charge in [0, 0.05) is 18.3 Å². The van der Waals surface area contributed by atoms with E-state index in [1.54, 1.807) is 0 Å². The molecule has 2 nitrogen and oxygen atoms in total. The van der Waals surface area contributed by atoms with Crippen molar-refractivity contribution in [3.8, 4) is 0 Å². The number of hydrogen-bond acceptors (Lipinski definition) is 2. The van der Waals surface area contributed by atoms with Crippen molar-refractivity contribution in [1.82, 2.24) is 0 Å². The molecule has 0 bridgehead atoms. The lowest BCUT2D eigenvalue weighted by Gasteiger charge is -2.42. The Bertz CT molecular complexity index is 195. The van der Waals surface area contributed by atoms with Gasteiger partial charge in [-0.25, -0.2) is 0 Å². The topological polar surface area (TPSA) is 18.5 Å². The van der Waals surface area contributed by atoms with Crippen LogP contribution < -0.4 is 0 Å². The van der Waals surface area contributed by atoms with Crippen molar-refractivity contribution in [3.05, 3.63) is 0 Å². The molecule has 3 heteroatoms. The lowest BCUT2D eigenvalue weighted by molar-refractivity contribution is 0.140. The Kier molecular flexibility index (Phi) is 9.18. The van der Waals surface area contributed by atoms with Crippen LogP contribution in [0.1, 0.15) is 73.6 Å². The van der Waals surface area contributed by atoms with Gasteiger partial charge in [-0.2, -0.15) is 0 Å². The molecule has 0 aliphatic carbocycles. The molecule has 0 heterocycles. The van der Waals surface area contributed by atoms with Crippen LogP contribution in [0.5, 0.6) is 0 Å². The zero-order chi connectivity index (χ0) is 14.1. The lowest BCUT2D eigenvalue weighted by atomic mass is 10.1. The van der Waals surface area contributed by atoms with Crippen LogP contribution in [0.25, 0.3) is 0 Å². The summed E-state index contributed by atoms with van der Waals surface area (Å²) in [4.78, 5) is 0. The summed E-state index contributed by atoms with van der Waals surface area (Å²) in [6, 6.07) is 1.06. The summed E-state index contributed by atoms with van der Waals surface area (Å²) in [5.74, 6) is 0. The van der Waals surface area contributed by atoms with Crippen molar-refractivity contribution in [2.75, 3.05) is 13.2 Å². The third-order valence-electron chi connectivity index (χ3n) is 4.05. The predicted octanol–water partition coefficient (Wildman–Crippen LogP) is 5.27. The molecule has 18 heavy (non-hydrogen) atoms. The fraction of sp³-hybridized carbons (Fsp3) is 1.00. The first-order valence-corrected chi connectivity index (χ1v) is 9.79. The van der Waals surface area contributed by atoms with Gasteiger partial charge >= 0.3 is 8.56 Å². The van der Waals surface area contributed by atoms with E-state index >= 15 is 0 Å². The third kappa shape index (κ3) is 5.02. The van der Waals surface area contributed by atoms with Crippen molar-refractivity contribution in [3.63, 3.8) is 0 Å². The summed E-state index contributed by atoms with van der Waals surface area (Å²) < 4.78 is 12.7. The van der Waals surface area contributed by atoms with Crippen LogP contribution in [0.3, 0.4) is 0 Å². The Morgan fingerprint density at radius 1 is 0.833 bits per heavy atom. The van der Waals surface area contributed by atoms with Crippen molar-refractivity contribution >= 4 is 8.56 Å². The van der Waals surface area contributed by atoms with Gasteiger partial charge in [0.1, 0.15) is 0 Å². The first kappa shape index (κ1) is 18.1. The van der Waals surface area contributed by atoms with E-state index in [-0.39, 0.29) is 5.04 Å². The van der Waals surface area contributed by atoms with Crippen molar-refractivity contribution in [2.45, 2.75) is 84.7 Å². The molecule has 0 rings (SSSR count). The molecule has 0 atom stereocenters. The second-order valence-electron chi connectivity index (χ2n) is 5.75. The molecule has 0 aromatic carbocycles. The Labute approximate surface area is 116 Å². The van der Waals surface area contributed by atoms with Crippen LogP contribution in [0.2, 0.25) is 11.1 Å². The summed E-state index contributed by atoms with van der Waals surface area (Å²) >= 11 is 0. The molecule has 0 saturated heterocycles. The maximum absolute atomic E-state index is 6.34. The minimum Gasteiger partial charge on any atom is -0.394 e. The van der Waals surface area contributed by atoms with Gasteiger partial charge < -0.3 is 8.85 Å². The molecular formula is C15H34O2Si. The van der Waals surface area contributed by atoms with Crippen molar-refractivity contribution < 1.29 is 8.85 Å². The summed E-state index contributed by atoms with van der Waals surface area (Å²) in [5.41, 5.74) is 0. The first-order chi connectivity index (χ1) is 8.49. The quantitative estimate of drug-likeness (QED) is 0.377. The molecule has 110 valence electrons. The standard InChI is InChI=1S/C15H34O2Si/c1-7-11-13-16-18(10-4,15(5,6)9-3)17-14-12-8-2/h7-14H2,1-6H3. The molecule has 0 spiro atoms. The molecule has 0 aliphatic rings. The number of unbranched alkanes of at least 4 members (excludes halogenated alkanes) is 2. The Morgan fingerprint density at radius 3 is 1.56 bits per heavy atom. The molecule has 0 unspecified atom stereocenters. The highest BCUT2D eigenvalue weighted by Crippen LogP contribution is 2.44. The van der Waals surface area contributed by atoms with E-state index in [9.17, 15) is 0 Å². The molecular weight excluding hydrogens is 240 g/mol. The van der Waals surface area contributed by atoms with Crippen LogP contribution in [-0.2, 0) is 8.85 Å². The van der Waals surface area contributed by atoms with Crippen LogP contribution in [0, 0.1) is 0 Å². The van der Waals surface area contributed by atoms with Gasteiger partial charge in [0.2, 0.25) is 0 Å². The fourth-order valence-corrected chi connectivity index (χ4v) is 5.86. The van der Waals surface area contributed by atoms with Crippen LogP contribution in [-0.4, -0.2) is 21.8 Å². The van der Waals surface area contributed by atoms with Crippen molar-refractivity contribution in [2.24, 2.45) is 0 Å². The second-order valence-corrected chi connectivity index (χ2v) is 9.89. The van der Waals surface area contributed by atoms with Gasteiger partial charge in [-0.1, -0.05) is 54.4 Å². The highest BCUT2D eigenvalue weighted by Gasteiger charge is 2.49. The highest BCUT2D eigenvalue weighted by atomic mass is 28.4. The largest absolute Gasteiger partial charge is 0.394 e. The summed E-state index contributed by atoms with van der Waals surface area (Å²) in [5, 5.41) is 0.198. The Balaban J connectivity index is 4.71. The van der Waals surface area contributed by atoms with E-state index in [0.29, 0.717) is 0 Å². The summed E-state index contributed by atoms with van der Waals surface area (Å²) in [7, 11) is -2.07. The molecule has 0 aromatic heterocycles. The zero-order valence-electron chi connectivity index (χ0n) is 13.5. The SMILES string of the molecule is CCCCO[Si](CC)(OCCCC)C(C)(C)CC.